The Labute approximate surface area is 150 Å². The first kappa shape index (κ1) is 16.1. The van der Waals surface area contributed by atoms with Crippen LogP contribution in [-0.4, -0.2) is 16.6 Å². The molecule has 0 unspecified atom stereocenters. The predicted molar refractivity (Wildman–Crippen MR) is 106 cm³/mol. The van der Waals surface area contributed by atoms with Gasteiger partial charge in [-0.25, -0.2) is 4.98 Å². The maximum absolute atomic E-state index is 12.3. The van der Waals surface area contributed by atoms with E-state index in [4.69, 9.17) is 4.74 Å². The van der Waals surface area contributed by atoms with Gasteiger partial charge in [0.05, 0.1) is 17.6 Å². The Kier molecular flexibility index (Phi) is 4.23. The maximum Gasteiger partial charge on any atom is 0.274 e. The zero-order valence-electron chi connectivity index (χ0n) is 14.4. The van der Waals surface area contributed by atoms with Gasteiger partial charge in [-0.15, -0.1) is 0 Å². The second-order valence-electron chi connectivity index (χ2n) is 5.93. The Morgan fingerprint density at radius 1 is 1.00 bits per heavy atom. The van der Waals surface area contributed by atoms with Crippen molar-refractivity contribution in [2.75, 3.05) is 6.61 Å². The van der Waals surface area contributed by atoms with E-state index < -0.39 is 0 Å². The van der Waals surface area contributed by atoms with Crippen molar-refractivity contribution in [1.82, 2.24) is 9.97 Å². The van der Waals surface area contributed by atoms with Gasteiger partial charge >= 0.3 is 0 Å². The van der Waals surface area contributed by atoms with Gasteiger partial charge in [0.15, 0.2) is 0 Å². The number of hydrogen-bond acceptors (Lipinski definition) is 3. The number of ether oxygens (including phenoxy) is 1. The summed E-state index contributed by atoms with van der Waals surface area (Å²) in [5.74, 6) is 0.791. The minimum absolute atomic E-state index is 0.210. The van der Waals surface area contributed by atoms with Crippen LogP contribution in [0, 0.1) is 0 Å². The number of nitrogens with zero attached hydrogens (tertiary/aromatic N) is 1. The van der Waals surface area contributed by atoms with Gasteiger partial charge in [0.25, 0.3) is 5.56 Å². The molecular formula is C22H18N2O2. The van der Waals surface area contributed by atoms with Crippen LogP contribution in [0.15, 0.2) is 65.5 Å². The quantitative estimate of drug-likeness (QED) is 0.587. The number of benzene rings is 3. The average molecular weight is 342 g/mol. The van der Waals surface area contributed by atoms with E-state index >= 15 is 0 Å². The lowest BCUT2D eigenvalue weighted by Crippen LogP contribution is -2.11. The topological polar surface area (TPSA) is 55.0 Å². The number of H-pyrrole nitrogens is 1. The van der Waals surface area contributed by atoms with E-state index in [1.54, 1.807) is 6.08 Å². The van der Waals surface area contributed by atoms with Gasteiger partial charge in [-0.05, 0) is 48.0 Å². The maximum atomic E-state index is 12.3. The molecule has 1 aromatic heterocycles. The highest BCUT2D eigenvalue weighted by atomic mass is 16.5. The van der Waals surface area contributed by atoms with E-state index in [1.165, 1.54) is 0 Å². The molecule has 0 aliphatic heterocycles. The van der Waals surface area contributed by atoms with Crippen LogP contribution in [0.25, 0.3) is 34.0 Å². The van der Waals surface area contributed by atoms with Gasteiger partial charge in [-0.3, -0.25) is 4.79 Å². The summed E-state index contributed by atoms with van der Waals surface area (Å²) >= 11 is 0. The first-order valence-corrected chi connectivity index (χ1v) is 8.58. The van der Waals surface area contributed by atoms with Crippen molar-refractivity contribution in [3.63, 3.8) is 0 Å². The first-order valence-electron chi connectivity index (χ1n) is 8.58. The first-order chi connectivity index (χ1) is 12.8. The van der Waals surface area contributed by atoms with Crippen molar-refractivity contribution < 1.29 is 4.74 Å². The molecule has 0 aliphatic carbocycles. The minimum atomic E-state index is -0.210. The zero-order chi connectivity index (χ0) is 17.9. The summed E-state index contributed by atoms with van der Waals surface area (Å²) in [7, 11) is 0. The zero-order valence-corrected chi connectivity index (χ0v) is 14.4. The number of aromatic amines is 1. The summed E-state index contributed by atoms with van der Waals surface area (Å²) in [6, 6.07) is 19.6. The molecule has 4 nitrogen and oxygen atoms in total. The van der Waals surface area contributed by atoms with Gasteiger partial charge in [0.1, 0.15) is 11.4 Å². The standard InChI is InChI=1S/C22H18N2O2/c1-2-26-21-14-11-15-7-3-4-8-16(15)17(21)12-13-20-22(25)24-19-10-6-5-9-18(19)23-20/h3-14H,2H2,1H3,(H,24,25)/b13-12+. The molecular weight excluding hydrogens is 324 g/mol. The van der Waals surface area contributed by atoms with Crippen LogP contribution in [0.3, 0.4) is 0 Å². The molecule has 3 aromatic carbocycles. The van der Waals surface area contributed by atoms with Crippen LogP contribution in [0.5, 0.6) is 5.75 Å². The van der Waals surface area contributed by atoms with Gasteiger partial charge < -0.3 is 9.72 Å². The van der Waals surface area contributed by atoms with Gasteiger partial charge in [0.2, 0.25) is 0 Å². The van der Waals surface area contributed by atoms with E-state index in [0.29, 0.717) is 12.3 Å². The number of aromatic nitrogens is 2. The molecule has 128 valence electrons. The van der Waals surface area contributed by atoms with E-state index in [9.17, 15) is 4.79 Å². The largest absolute Gasteiger partial charge is 0.493 e. The second kappa shape index (κ2) is 6.84. The molecule has 0 spiro atoms. The van der Waals surface area contributed by atoms with Crippen LogP contribution in [-0.2, 0) is 0 Å². The number of para-hydroxylation sites is 2. The SMILES string of the molecule is CCOc1ccc2ccccc2c1/C=C/c1nc2ccccc2[nH]c1=O. The fraction of sp³-hybridized carbons (Fsp3) is 0.0909. The van der Waals surface area contributed by atoms with Crippen LogP contribution < -0.4 is 10.3 Å². The molecule has 26 heavy (non-hydrogen) atoms. The van der Waals surface area contributed by atoms with E-state index in [0.717, 1.165) is 33.1 Å². The van der Waals surface area contributed by atoms with Crippen molar-refractivity contribution in [2.24, 2.45) is 0 Å². The lowest BCUT2D eigenvalue weighted by molar-refractivity contribution is 0.340. The minimum Gasteiger partial charge on any atom is -0.493 e. The Morgan fingerprint density at radius 2 is 1.81 bits per heavy atom. The molecule has 0 saturated carbocycles. The molecule has 4 rings (SSSR count). The van der Waals surface area contributed by atoms with Crippen molar-refractivity contribution in [3.05, 3.63) is 82.3 Å². The van der Waals surface area contributed by atoms with Crippen LogP contribution in [0.2, 0.25) is 0 Å². The fourth-order valence-electron chi connectivity index (χ4n) is 3.05. The van der Waals surface area contributed by atoms with Crippen molar-refractivity contribution in [1.29, 1.82) is 0 Å². The van der Waals surface area contributed by atoms with Crippen LogP contribution >= 0.6 is 0 Å². The number of nitrogens with one attached hydrogen (secondary N) is 1. The third-order valence-electron chi connectivity index (χ3n) is 4.26. The molecule has 4 heteroatoms. The Hall–Kier alpha value is -3.40. The molecule has 0 amide bonds. The van der Waals surface area contributed by atoms with E-state index in [2.05, 4.69) is 22.1 Å². The summed E-state index contributed by atoms with van der Waals surface area (Å²) in [5, 5.41) is 2.20. The third kappa shape index (κ3) is 2.97. The highest BCUT2D eigenvalue weighted by Crippen LogP contribution is 2.29. The molecule has 1 heterocycles. The smallest absolute Gasteiger partial charge is 0.274 e. The van der Waals surface area contributed by atoms with Gasteiger partial charge in [-0.2, -0.15) is 0 Å². The van der Waals surface area contributed by atoms with Crippen molar-refractivity contribution in [2.45, 2.75) is 6.92 Å². The summed E-state index contributed by atoms with van der Waals surface area (Å²) in [5.41, 5.74) is 2.60. The molecule has 0 saturated heterocycles. The molecule has 0 aliphatic rings. The molecule has 4 aromatic rings. The van der Waals surface area contributed by atoms with Gasteiger partial charge in [-0.1, -0.05) is 42.5 Å². The fourth-order valence-corrected chi connectivity index (χ4v) is 3.05. The number of fused-ring (bicyclic) bond motifs is 2. The normalized spacial score (nSPS) is 11.4. The summed E-state index contributed by atoms with van der Waals surface area (Å²) < 4.78 is 5.78. The molecule has 0 atom stereocenters. The Balaban J connectivity index is 1.85. The lowest BCUT2D eigenvalue weighted by Gasteiger charge is -2.10. The predicted octanol–water partition coefficient (Wildman–Crippen LogP) is 4.65. The van der Waals surface area contributed by atoms with E-state index in [-0.39, 0.29) is 5.56 Å². The summed E-state index contributed by atoms with van der Waals surface area (Å²) in [6.45, 7) is 2.53. The summed E-state index contributed by atoms with van der Waals surface area (Å²) in [4.78, 5) is 19.7. The highest BCUT2D eigenvalue weighted by Gasteiger charge is 2.07. The molecule has 0 fully saturated rings. The second-order valence-corrected chi connectivity index (χ2v) is 5.93. The van der Waals surface area contributed by atoms with Crippen LogP contribution in [0.4, 0.5) is 0 Å². The Morgan fingerprint density at radius 3 is 2.69 bits per heavy atom. The third-order valence-corrected chi connectivity index (χ3v) is 4.26. The monoisotopic (exact) mass is 342 g/mol. The summed E-state index contributed by atoms with van der Waals surface area (Å²) in [6.07, 6.45) is 3.65. The number of hydrogen-bond donors (Lipinski definition) is 1. The Bertz CT molecular complexity index is 1180. The highest BCUT2D eigenvalue weighted by molar-refractivity contribution is 5.95. The van der Waals surface area contributed by atoms with Crippen molar-refractivity contribution >= 4 is 34.0 Å². The van der Waals surface area contributed by atoms with Gasteiger partial charge in [0, 0.05) is 5.56 Å². The van der Waals surface area contributed by atoms with Crippen LogP contribution in [0.1, 0.15) is 18.2 Å². The number of rotatable bonds is 4. The van der Waals surface area contributed by atoms with Crippen molar-refractivity contribution in [3.8, 4) is 5.75 Å². The average Bonchev–Trinajstić information content (AvgIpc) is 2.67. The lowest BCUT2D eigenvalue weighted by atomic mass is 10.0. The molecule has 0 bridgehead atoms. The molecule has 0 radical (unpaired) electrons. The van der Waals surface area contributed by atoms with E-state index in [1.807, 2.05) is 61.5 Å². The molecule has 1 N–H and O–H groups in total.